The van der Waals surface area contributed by atoms with Gasteiger partial charge < -0.3 is 8.97 Å². The predicted octanol–water partition coefficient (Wildman–Crippen LogP) is 3.55. The van der Waals surface area contributed by atoms with Crippen LogP contribution < -0.4 is 0 Å². The highest BCUT2D eigenvalue weighted by Crippen LogP contribution is 2.33. The Morgan fingerprint density at radius 2 is 1.57 bits per heavy atom. The van der Waals surface area contributed by atoms with Crippen molar-refractivity contribution in [1.29, 1.82) is 0 Å². The summed E-state index contributed by atoms with van der Waals surface area (Å²) in [6.45, 7) is 0. The second-order valence-corrected chi connectivity index (χ2v) is 6.45. The molecule has 0 saturated heterocycles. The Morgan fingerprint density at radius 3 is 2.26 bits per heavy atom. The quantitative estimate of drug-likeness (QED) is 0.526. The van der Waals surface area contributed by atoms with E-state index in [0.717, 1.165) is 5.56 Å². The summed E-state index contributed by atoms with van der Waals surface area (Å²) in [6, 6.07) is 17.3. The molecule has 23 heavy (non-hydrogen) atoms. The van der Waals surface area contributed by atoms with Gasteiger partial charge in [-0.3, -0.25) is 0 Å². The van der Waals surface area contributed by atoms with Crippen molar-refractivity contribution in [1.82, 2.24) is 4.98 Å². The highest BCUT2D eigenvalue weighted by Gasteiger charge is 2.16. The Bertz CT molecular complexity index is 1130. The summed E-state index contributed by atoms with van der Waals surface area (Å²) in [6.07, 6.45) is 0. The maximum absolute atomic E-state index is 11.5. The third kappa shape index (κ3) is 2.28. The first-order valence-electron chi connectivity index (χ1n) is 6.87. The summed E-state index contributed by atoms with van der Waals surface area (Å²) in [5, 5.41) is 0.924. The first-order valence-corrected chi connectivity index (χ1v) is 8.28. The van der Waals surface area contributed by atoms with Crippen molar-refractivity contribution in [2.75, 3.05) is 0 Å². The number of hydrogen-bond acceptors (Lipinski definition) is 5. The van der Waals surface area contributed by atoms with Crippen LogP contribution in [0.3, 0.4) is 0 Å². The van der Waals surface area contributed by atoms with Crippen molar-refractivity contribution in [3.63, 3.8) is 0 Å². The number of nitrogens with zero attached hydrogens (tertiary/aromatic N) is 1. The number of rotatable bonds is 2. The predicted molar refractivity (Wildman–Crippen MR) is 84.9 cm³/mol. The zero-order valence-corrected chi connectivity index (χ0v) is 12.6. The largest absolute Gasteiger partial charge is 0.744 e. The minimum atomic E-state index is -4.61. The van der Waals surface area contributed by atoms with E-state index < -0.39 is 10.1 Å². The van der Waals surface area contributed by atoms with Gasteiger partial charge in [-0.1, -0.05) is 42.5 Å². The van der Waals surface area contributed by atoms with Gasteiger partial charge in [0.2, 0.25) is 5.89 Å². The Kier molecular flexibility index (Phi) is 2.97. The van der Waals surface area contributed by atoms with Crippen molar-refractivity contribution in [3.8, 4) is 11.5 Å². The third-order valence-corrected chi connectivity index (χ3v) is 4.53. The van der Waals surface area contributed by atoms with E-state index >= 15 is 0 Å². The molecule has 0 unspecified atom stereocenters. The molecule has 0 atom stereocenters. The lowest BCUT2D eigenvalue weighted by Crippen LogP contribution is -1.99. The molecule has 0 radical (unpaired) electrons. The van der Waals surface area contributed by atoms with Gasteiger partial charge in [-0.2, -0.15) is 0 Å². The smallest absolute Gasteiger partial charge is 0.227 e. The van der Waals surface area contributed by atoms with Crippen molar-refractivity contribution in [3.05, 3.63) is 60.7 Å². The maximum atomic E-state index is 11.5. The summed E-state index contributed by atoms with van der Waals surface area (Å²) in [4.78, 5) is 4.18. The summed E-state index contributed by atoms with van der Waals surface area (Å²) in [5.41, 5.74) is 1.59. The molecule has 5 nitrogen and oxygen atoms in total. The van der Waals surface area contributed by atoms with Crippen LogP contribution in [-0.4, -0.2) is 18.0 Å². The Balaban J connectivity index is 2.11. The molecule has 1 aromatic heterocycles. The highest BCUT2D eigenvalue weighted by atomic mass is 32.2. The SMILES string of the molecule is O=S(=O)([O-])c1cc2oc(-c3ccccc3)nc2c2ccccc12. The Morgan fingerprint density at radius 1 is 0.913 bits per heavy atom. The van der Waals surface area contributed by atoms with Crippen LogP contribution >= 0.6 is 0 Å². The van der Waals surface area contributed by atoms with Crippen molar-refractivity contribution in [2.24, 2.45) is 0 Å². The minimum absolute atomic E-state index is 0.275. The summed E-state index contributed by atoms with van der Waals surface area (Å²) in [7, 11) is -4.61. The number of benzene rings is 3. The second-order valence-electron chi connectivity index (χ2n) is 5.11. The van der Waals surface area contributed by atoms with Crippen LogP contribution in [0.1, 0.15) is 0 Å². The zero-order valence-electron chi connectivity index (χ0n) is 11.8. The van der Waals surface area contributed by atoms with Crippen molar-refractivity contribution < 1.29 is 17.4 Å². The van der Waals surface area contributed by atoms with Crippen LogP contribution in [0.15, 0.2) is 70.0 Å². The lowest BCUT2D eigenvalue weighted by atomic mass is 10.1. The molecule has 0 spiro atoms. The molecule has 0 N–H and O–H groups in total. The lowest BCUT2D eigenvalue weighted by molar-refractivity contribution is 0.464. The van der Waals surface area contributed by atoms with E-state index in [1.54, 1.807) is 24.3 Å². The number of fused-ring (bicyclic) bond motifs is 3. The maximum Gasteiger partial charge on any atom is 0.227 e. The number of aromatic nitrogens is 1. The molecule has 0 bridgehead atoms. The molecular weight excluding hydrogens is 314 g/mol. The van der Waals surface area contributed by atoms with E-state index in [2.05, 4.69) is 4.98 Å². The molecule has 0 amide bonds. The summed E-state index contributed by atoms with van der Waals surface area (Å²) >= 11 is 0. The average Bonchev–Trinajstić information content (AvgIpc) is 2.98. The molecule has 1 heterocycles. The molecular formula is C17H10NO4S-. The first kappa shape index (κ1) is 13.9. The molecule has 114 valence electrons. The lowest BCUT2D eigenvalue weighted by Gasteiger charge is -2.10. The molecule has 4 aromatic rings. The molecule has 0 saturated carbocycles. The van der Waals surface area contributed by atoms with Gasteiger partial charge in [0.25, 0.3) is 0 Å². The van der Waals surface area contributed by atoms with Crippen LogP contribution in [0, 0.1) is 0 Å². The van der Waals surface area contributed by atoms with Crippen LogP contribution in [0.25, 0.3) is 33.3 Å². The average molecular weight is 324 g/mol. The van der Waals surface area contributed by atoms with Crippen LogP contribution in [-0.2, 0) is 10.1 Å². The van der Waals surface area contributed by atoms with Crippen LogP contribution in [0.4, 0.5) is 0 Å². The molecule has 0 aliphatic carbocycles. The van der Waals surface area contributed by atoms with Crippen LogP contribution in [0.2, 0.25) is 0 Å². The van der Waals surface area contributed by atoms with Gasteiger partial charge in [0.1, 0.15) is 15.6 Å². The van der Waals surface area contributed by atoms with Gasteiger partial charge >= 0.3 is 0 Å². The fourth-order valence-corrected chi connectivity index (χ4v) is 3.33. The molecule has 3 aromatic carbocycles. The number of oxazole rings is 1. The van der Waals surface area contributed by atoms with E-state index in [-0.39, 0.29) is 10.5 Å². The topological polar surface area (TPSA) is 83.2 Å². The molecule has 6 heteroatoms. The van der Waals surface area contributed by atoms with Gasteiger partial charge in [-0.05, 0) is 12.1 Å². The standard InChI is InChI=1S/C17H11NO4S/c19-23(20,21)15-10-14-16(13-9-5-4-8-12(13)15)18-17(22-14)11-6-2-1-3-7-11/h1-10H,(H,19,20,21)/p-1. The van der Waals surface area contributed by atoms with Gasteiger partial charge in [-0.15, -0.1) is 0 Å². The molecule has 0 fully saturated rings. The molecule has 0 aliphatic rings. The first-order chi connectivity index (χ1) is 11.0. The van der Waals surface area contributed by atoms with Crippen LogP contribution in [0.5, 0.6) is 0 Å². The van der Waals surface area contributed by atoms with Crippen molar-refractivity contribution >= 4 is 32.0 Å². The fraction of sp³-hybridized carbons (Fsp3) is 0. The van der Waals surface area contributed by atoms with Gasteiger partial charge in [0.05, 0.1) is 4.90 Å². The molecule has 4 rings (SSSR count). The Labute approximate surface area is 131 Å². The van der Waals surface area contributed by atoms with Crippen molar-refractivity contribution in [2.45, 2.75) is 4.90 Å². The number of hydrogen-bond donors (Lipinski definition) is 0. The highest BCUT2D eigenvalue weighted by molar-refractivity contribution is 7.86. The van der Waals surface area contributed by atoms with E-state index in [1.165, 1.54) is 6.07 Å². The van der Waals surface area contributed by atoms with E-state index in [9.17, 15) is 13.0 Å². The van der Waals surface area contributed by atoms with E-state index in [1.807, 2.05) is 30.3 Å². The minimum Gasteiger partial charge on any atom is -0.744 e. The normalized spacial score (nSPS) is 12.0. The monoisotopic (exact) mass is 324 g/mol. The second kappa shape index (κ2) is 4.91. The van der Waals surface area contributed by atoms with Gasteiger partial charge in [0.15, 0.2) is 5.58 Å². The van der Waals surface area contributed by atoms with Gasteiger partial charge in [-0.25, -0.2) is 13.4 Å². The Hall–Kier alpha value is -2.70. The third-order valence-electron chi connectivity index (χ3n) is 3.65. The van der Waals surface area contributed by atoms with E-state index in [0.29, 0.717) is 22.2 Å². The zero-order chi connectivity index (χ0) is 16.0. The molecule has 0 aliphatic heterocycles. The fourth-order valence-electron chi connectivity index (χ4n) is 2.64. The summed E-state index contributed by atoms with van der Waals surface area (Å²) in [5.74, 6) is 0.381. The van der Waals surface area contributed by atoms with Gasteiger partial charge in [0, 0.05) is 22.4 Å². The summed E-state index contributed by atoms with van der Waals surface area (Å²) < 4.78 is 40.3. The van der Waals surface area contributed by atoms with E-state index in [4.69, 9.17) is 4.42 Å².